The minimum absolute atomic E-state index is 0.0188. The lowest BCUT2D eigenvalue weighted by Crippen LogP contribution is -2.38. The Morgan fingerprint density at radius 3 is 2.86 bits per heavy atom. The minimum Gasteiger partial charge on any atom is -0.337 e. The Balaban J connectivity index is 1.79. The zero-order valence-electron chi connectivity index (χ0n) is 12.7. The highest BCUT2D eigenvalue weighted by atomic mass is 32.1. The van der Waals surface area contributed by atoms with E-state index in [4.69, 9.17) is 5.73 Å². The Bertz CT molecular complexity index is 623. The van der Waals surface area contributed by atoms with Crippen molar-refractivity contribution in [2.45, 2.75) is 31.7 Å². The zero-order chi connectivity index (χ0) is 15.4. The van der Waals surface area contributed by atoms with Gasteiger partial charge in [-0.25, -0.2) is 0 Å². The van der Waals surface area contributed by atoms with E-state index in [1.54, 1.807) is 11.3 Å². The second-order valence-electron chi connectivity index (χ2n) is 5.78. The van der Waals surface area contributed by atoms with Crippen LogP contribution >= 0.6 is 11.3 Å². The first-order chi connectivity index (χ1) is 10.8. The van der Waals surface area contributed by atoms with Crippen LogP contribution in [-0.2, 0) is 17.8 Å². The molecule has 4 heteroatoms. The molecule has 3 rings (SSSR count). The second kappa shape index (κ2) is 7.07. The number of benzene rings is 1. The molecular formula is C18H22N2OS. The third kappa shape index (κ3) is 3.23. The van der Waals surface area contributed by atoms with Gasteiger partial charge in [0.1, 0.15) is 0 Å². The summed E-state index contributed by atoms with van der Waals surface area (Å²) in [7, 11) is 0. The highest BCUT2D eigenvalue weighted by molar-refractivity contribution is 7.10. The Labute approximate surface area is 135 Å². The molecule has 22 heavy (non-hydrogen) atoms. The van der Waals surface area contributed by atoms with Crippen LogP contribution in [0, 0.1) is 0 Å². The predicted octanol–water partition coefficient (Wildman–Crippen LogP) is 3.16. The molecule has 1 unspecified atom stereocenters. The Hall–Kier alpha value is -1.65. The molecule has 0 bridgehead atoms. The first kappa shape index (κ1) is 15.3. The van der Waals surface area contributed by atoms with Crippen LogP contribution in [0.25, 0.3) is 0 Å². The fraction of sp³-hybridized carbons (Fsp3) is 0.389. The Morgan fingerprint density at radius 2 is 2.09 bits per heavy atom. The first-order valence-corrected chi connectivity index (χ1v) is 8.76. The van der Waals surface area contributed by atoms with E-state index in [0.29, 0.717) is 19.6 Å². The SMILES string of the molecule is NCCN(Cc1ccccc1)C(=O)C1CCCc2sccc21. The minimum atomic E-state index is 0.0188. The molecule has 3 nitrogen and oxygen atoms in total. The van der Waals surface area contributed by atoms with E-state index in [1.807, 2.05) is 23.1 Å². The molecule has 0 saturated heterocycles. The van der Waals surface area contributed by atoms with Gasteiger partial charge in [0.05, 0.1) is 5.92 Å². The van der Waals surface area contributed by atoms with Crippen molar-refractivity contribution in [2.75, 3.05) is 13.1 Å². The van der Waals surface area contributed by atoms with Crippen LogP contribution in [0.4, 0.5) is 0 Å². The maximum absolute atomic E-state index is 13.0. The molecule has 0 spiro atoms. The molecule has 1 aromatic heterocycles. The van der Waals surface area contributed by atoms with Crippen LogP contribution in [0.15, 0.2) is 41.8 Å². The van der Waals surface area contributed by atoms with Crippen molar-refractivity contribution in [3.63, 3.8) is 0 Å². The fourth-order valence-electron chi connectivity index (χ4n) is 3.19. The molecule has 2 aromatic rings. The summed E-state index contributed by atoms with van der Waals surface area (Å²) in [4.78, 5) is 16.3. The van der Waals surface area contributed by atoms with Crippen LogP contribution in [0.5, 0.6) is 0 Å². The van der Waals surface area contributed by atoms with E-state index in [-0.39, 0.29) is 11.8 Å². The maximum Gasteiger partial charge on any atom is 0.230 e. The maximum atomic E-state index is 13.0. The van der Waals surface area contributed by atoms with E-state index in [9.17, 15) is 4.79 Å². The summed E-state index contributed by atoms with van der Waals surface area (Å²) < 4.78 is 0. The van der Waals surface area contributed by atoms with Crippen molar-refractivity contribution in [1.82, 2.24) is 4.90 Å². The van der Waals surface area contributed by atoms with Crippen LogP contribution < -0.4 is 5.73 Å². The molecule has 0 saturated carbocycles. The topological polar surface area (TPSA) is 46.3 Å². The Morgan fingerprint density at radius 1 is 1.27 bits per heavy atom. The summed E-state index contributed by atoms with van der Waals surface area (Å²) in [6.07, 6.45) is 3.18. The monoisotopic (exact) mass is 314 g/mol. The first-order valence-electron chi connectivity index (χ1n) is 7.88. The summed E-state index contributed by atoms with van der Waals surface area (Å²) in [6.45, 7) is 1.76. The average Bonchev–Trinajstić information content (AvgIpc) is 3.03. The van der Waals surface area contributed by atoms with Crippen molar-refractivity contribution in [2.24, 2.45) is 5.73 Å². The predicted molar refractivity (Wildman–Crippen MR) is 90.9 cm³/mol. The van der Waals surface area contributed by atoms with Gasteiger partial charge in [0, 0.05) is 24.5 Å². The molecular weight excluding hydrogens is 292 g/mol. The van der Waals surface area contributed by atoms with Gasteiger partial charge in [0.2, 0.25) is 5.91 Å². The number of thiophene rings is 1. The van der Waals surface area contributed by atoms with Crippen LogP contribution in [-0.4, -0.2) is 23.9 Å². The number of rotatable bonds is 5. The van der Waals surface area contributed by atoms with Crippen molar-refractivity contribution >= 4 is 17.2 Å². The number of nitrogens with zero attached hydrogens (tertiary/aromatic N) is 1. The average molecular weight is 314 g/mol. The highest BCUT2D eigenvalue weighted by Gasteiger charge is 2.30. The number of carbonyl (C=O) groups is 1. The zero-order valence-corrected chi connectivity index (χ0v) is 13.5. The number of carbonyl (C=O) groups excluding carboxylic acids is 1. The number of fused-ring (bicyclic) bond motifs is 1. The van der Waals surface area contributed by atoms with Crippen LogP contribution in [0.3, 0.4) is 0 Å². The molecule has 1 aliphatic carbocycles. The molecule has 1 aliphatic rings. The van der Waals surface area contributed by atoms with Crippen molar-refractivity contribution in [3.05, 3.63) is 57.8 Å². The smallest absolute Gasteiger partial charge is 0.230 e. The summed E-state index contributed by atoms with van der Waals surface area (Å²) in [5.41, 5.74) is 8.14. The standard InChI is InChI=1S/C18H22N2OS/c19-10-11-20(13-14-5-2-1-3-6-14)18(21)16-7-4-8-17-15(16)9-12-22-17/h1-3,5-6,9,12,16H,4,7-8,10-11,13,19H2. The van der Waals surface area contributed by atoms with Gasteiger partial charge in [-0.1, -0.05) is 30.3 Å². The normalized spacial score (nSPS) is 17.0. The largest absolute Gasteiger partial charge is 0.337 e. The summed E-state index contributed by atoms with van der Waals surface area (Å²) >= 11 is 1.78. The van der Waals surface area contributed by atoms with E-state index in [1.165, 1.54) is 10.4 Å². The van der Waals surface area contributed by atoms with Crippen molar-refractivity contribution in [1.29, 1.82) is 0 Å². The van der Waals surface area contributed by atoms with E-state index in [2.05, 4.69) is 23.6 Å². The van der Waals surface area contributed by atoms with Crippen LogP contribution in [0.1, 0.15) is 34.8 Å². The van der Waals surface area contributed by atoms with Crippen molar-refractivity contribution in [3.8, 4) is 0 Å². The van der Waals surface area contributed by atoms with Crippen molar-refractivity contribution < 1.29 is 4.79 Å². The number of hydrogen-bond donors (Lipinski definition) is 1. The van der Waals surface area contributed by atoms with E-state index in [0.717, 1.165) is 24.8 Å². The van der Waals surface area contributed by atoms with Gasteiger partial charge in [-0.15, -0.1) is 11.3 Å². The molecule has 2 N–H and O–H groups in total. The molecule has 0 fully saturated rings. The third-order valence-electron chi connectivity index (χ3n) is 4.28. The van der Waals surface area contributed by atoms with Gasteiger partial charge < -0.3 is 10.6 Å². The lowest BCUT2D eigenvalue weighted by molar-refractivity contribution is -0.133. The van der Waals surface area contributed by atoms with Gasteiger partial charge in [-0.05, 0) is 41.8 Å². The molecule has 0 aliphatic heterocycles. The molecule has 1 aromatic carbocycles. The number of amides is 1. The Kier molecular flexibility index (Phi) is 4.90. The molecule has 116 valence electrons. The lowest BCUT2D eigenvalue weighted by atomic mass is 9.86. The van der Waals surface area contributed by atoms with Gasteiger partial charge in [0.15, 0.2) is 0 Å². The molecule has 1 heterocycles. The third-order valence-corrected chi connectivity index (χ3v) is 5.27. The summed E-state index contributed by atoms with van der Waals surface area (Å²) in [5.74, 6) is 0.249. The number of aryl methyl sites for hydroxylation is 1. The lowest BCUT2D eigenvalue weighted by Gasteiger charge is -2.29. The highest BCUT2D eigenvalue weighted by Crippen LogP contribution is 2.36. The molecule has 1 atom stereocenters. The van der Waals surface area contributed by atoms with Crippen LogP contribution in [0.2, 0.25) is 0 Å². The van der Waals surface area contributed by atoms with Gasteiger partial charge in [-0.3, -0.25) is 4.79 Å². The second-order valence-corrected chi connectivity index (χ2v) is 6.78. The van der Waals surface area contributed by atoms with E-state index >= 15 is 0 Å². The summed E-state index contributed by atoms with van der Waals surface area (Å²) in [5, 5.41) is 2.11. The number of hydrogen-bond acceptors (Lipinski definition) is 3. The molecule has 0 radical (unpaired) electrons. The molecule has 1 amide bonds. The van der Waals surface area contributed by atoms with E-state index < -0.39 is 0 Å². The fourth-order valence-corrected chi connectivity index (χ4v) is 4.18. The van der Waals surface area contributed by atoms with Gasteiger partial charge in [-0.2, -0.15) is 0 Å². The van der Waals surface area contributed by atoms with Gasteiger partial charge in [0.25, 0.3) is 0 Å². The quantitative estimate of drug-likeness (QED) is 0.921. The summed E-state index contributed by atoms with van der Waals surface area (Å²) in [6, 6.07) is 12.3. The van der Waals surface area contributed by atoms with Gasteiger partial charge >= 0.3 is 0 Å². The number of nitrogens with two attached hydrogens (primary N) is 1.